The van der Waals surface area contributed by atoms with Crippen molar-refractivity contribution in [2.75, 3.05) is 38.2 Å². The van der Waals surface area contributed by atoms with Gasteiger partial charge in [-0.25, -0.2) is 0 Å². The number of ether oxygens (including phenoxy) is 1. The van der Waals surface area contributed by atoms with Crippen molar-refractivity contribution < 1.29 is 9.53 Å². The van der Waals surface area contributed by atoms with Crippen molar-refractivity contribution in [3.05, 3.63) is 71.3 Å². The van der Waals surface area contributed by atoms with E-state index in [4.69, 9.17) is 17.0 Å². The molecule has 144 valence electrons. The third kappa shape index (κ3) is 3.53. The maximum atomic E-state index is 13.1. The van der Waals surface area contributed by atoms with Crippen LogP contribution in [-0.2, 0) is 0 Å². The van der Waals surface area contributed by atoms with Gasteiger partial charge in [-0.3, -0.25) is 9.36 Å². The first-order valence-electron chi connectivity index (χ1n) is 9.21. The number of amides is 1. The molecule has 28 heavy (non-hydrogen) atoms. The minimum Gasteiger partial charge on any atom is -0.497 e. The smallest absolute Gasteiger partial charge is 0.272 e. The topological polar surface area (TPSA) is 53.5 Å². The maximum Gasteiger partial charge on any atom is 0.272 e. The van der Waals surface area contributed by atoms with Gasteiger partial charge in [0.15, 0.2) is 4.77 Å². The maximum absolute atomic E-state index is 13.1. The van der Waals surface area contributed by atoms with E-state index in [0.29, 0.717) is 23.6 Å². The summed E-state index contributed by atoms with van der Waals surface area (Å²) >= 11 is 5.40. The number of aromatic amines is 1. The van der Waals surface area contributed by atoms with Gasteiger partial charge in [0.2, 0.25) is 0 Å². The Morgan fingerprint density at radius 1 is 0.964 bits per heavy atom. The average molecular weight is 395 g/mol. The van der Waals surface area contributed by atoms with Crippen LogP contribution in [0.3, 0.4) is 0 Å². The van der Waals surface area contributed by atoms with Gasteiger partial charge in [-0.15, -0.1) is 0 Å². The van der Waals surface area contributed by atoms with Crippen molar-refractivity contribution in [2.45, 2.75) is 0 Å². The predicted molar refractivity (Wildman–Crippen MR) is 112 cm³/mol. The second kappa shape index (κ2) is 7.90. The highest BCUT2D eigenvalue weighted by molar-refractivity contribution is 7.71. The third-order valence-corrected chi connectivity index (χ3v) is 5.31. The lowest BCUT2D eigenvalue weighted by atomic mass is 10.2. The summed E-state index contributed by atoms with van der Waals surface area (Å²) in [6.45, 7) is 2.90. The molecule has 0 atom stereocenters. The number of imidazole rings is 1. The number of methoxy groups -OCH3 is 1. The van der Waals surface area contributed by atoms with Crippen LogP contribution < -0.4 is 9.64 Å². The van der Waals surface area contributed by atoms with Crippen LogP contribution >= 0.6 is 12.2 Å². The van der Waals surface area contributed by atoms with Gasteiger partial charge in [0, 0.05) is 43.8 Å². The fourth-order valence-corrected chi connectivity index (χ4v) is 3.74. The van der Waals surface area contributed by atoms with Gasteiger partial charge < -0.3 is 19.5 Å². The molecule has 1 aliphatic rings. The van der Waals surface area contributed by atoms with Crippen LogP contribution in [0.2, 0.25) is 0 Å². The van der Waals surface area contributed by atoms with Crippen molar-refractivity contribution in [1.29, 1.82) is 0 Å². The summed E-state index contributed by atoms with van der Waals surface area (Å²) in [5, 5.41) is 0. The van der Waals surface area contributed by atoms with Gasteiger partial charge in [0.25, 0.3) is 5.91 Å². The normalized spacial score (nSPS) is 14.2. The number of hydrogen-bond donors (Lipinski definition) is 1. The van der Waals surface area contributed by atoms with E-state index in [1.807, 2.05) is 47.4 Å². The molecule has 1 amide bonds. The highest BCUT2D eigenvalue weighted by atomic mass is 32.1. The summed E-state index contributed by atoms with van der Waals surface area (Å²) in [7, 11) is 1.66. The number of anilines is 1. The minimum atomic E-state index is -0.00872. The van der Waals surface area contributed by atoms with Gasteiger partial charge in [-0.05, 0) is 48.6 Å². The summed E-state index contributed by atoms with van der Waals surface area (Å²) in [4.78, 5) is 20.3. The number of carbonyl (C=O) groups is 1. The molecule has 0 aliphatic carbocycles. The Morgan fingerprint density at radius 2 is 1.64 bits per heavy atom. The lowest BCUT2D eigenvalue weighted by Crippen LogP contribution is -2.49. The third-order valence-electron chi connectivity index (χ3n) is 5.01. The Labute approximate surface area is 169 Å². The largest absolute Gasteiger partial charge is 0.497 e. The molecule has 0 radical (unpaired) electrons. The second-order valence-electron chi connectivity index (χ2n) is 6.63. The van der Waals surface area contributed by atoms with Crippen molar-refractivity contribution in [3.63, 3.8) is 0 Å². The average Bonchev–Trinajstić information content (AvgIpc) is 3.15. The molecular weight excluding hydrogens is 372 g/mol. The lowest BCUT2D eigenvalue weighted by molar-refractivity contribution is 0.0738. The molecule has 7 heteroatoms. The van der Waals surface area contributed by atoms with E-state index >= 15 is 0 Å². The van der Waals surface area contributed by atoms with Crippen LogP contribution in [0.5, 0.6) is 5.75 Å². The number of nitrogens with zero attached hydrogens (tertiary/aromatic N) is 3. The second-order valence-corrected chi connectivity index (χ2v) is 7.01. The van der Waals surface area contributed by atoms with E-state index < -0.39 is 0 Å². The molecule has 1 aliphatic heterocycles. The predicted octanol–water partition coefficient (Wildman–Crippen LogP) is 3.51. The van der Waals surface area contributed by atoms with Crippen molar-refractivity contribution in [2.24, 2.45) is 0 Å². The first-order chi connectivity index (χ1) is 13.7. The number of H-pyrrole nitrogens is 1. The molecule has 1 fully saturated rings. The van der Waals surface area contributed by atoms with E-state index in [1.54, 1.807) is 17.9 Å². The number of benzene rings is 2. The number of carbonyl (C=O) groups excluding carboxylic acids is 1. The molecule has 6 nitrogen and oxygen atoms in total. The molecule has 2 aromatic carbocycles. The lowest BCUT2D eigenvalue weighted by Gasteiger charge is -2.36. The van der Waals surface area contributed by atoms with Crippen LogP contribution in [0, 0.1) is 4.77 Å². The quantitative estimate of drug-likeness (QED) is 0.688. The van der Waals surface area contributed by atoms with E-state index in [0.717, 1.165) is 30.2 Å². The van der Waals surface area contributed by atoms with Gasteiger partial charge in [-0.2, -0.15) is 0 Å². The standard InChI is InChI=1S/C21H22N4O2S/c1-27-18-9-7-16(8-10-18)23-11-13-24(14-12-23)20(26)19-15-22-21(28)25(19)17-5-3-2-4-6-17/h2-10,15H,11-14H2,1H3,(H,22,28). The molecule has 0 unspecified atom stereocenters. The van der Waals surface area contributed by atoms with Crippen molar-refractivity contribution in [1.82, 2.24) is 14.5 Å². The number of para-hydroxylation sites is 1. The SMILES string of the molecule is COc1ccc(N2CCN(C(=O)c3c[nH]c(=S)n3-c3ccccc3)CC2)cc1. The molecule has 3 aromatic rings. The minimum absolute atomic E-state index is 0.00872. The Bertz CT molecular complexity index is 1000. The fraction of sp³-hybridized carbons (Fsp3) is 0.238. The Hall–Kier alpha value is -3.06. The highest BCUT2D eigenvalue weighted by Crippen LogP contribution is 2.21. The van der Waals surface area contributed by atoms with E-state index in [2.05, 4.69) is 22.0 Å². The Kier molecular flexibility index (Phi) is 5.16. The summed E-state index contributed by atoms with van der Waals surface area (Å²) in [6.07, 6.45) is 1.70. The Balaban J connectivity index is 1.48. The first kappa shape index (κ1) is 18.3. The molecule has 1 saturated heterocycles. The van der Waals surface area contributed by atoms with E-state index in [-0.39, 0.29) is 5.91 Å². The summed E-state index contributed by atoms with van der Waals surface area (Å²) < 4.78 is 7.54. The van der Waals surface area contributed by atoms with Crippen LogP contribution in [0.25, 0.3) is 5.69 Å². The molecule has 4 rings (SSSR count). The van der Waals surface area contributed by atoms with Gasteiger partial charge in [-0.1, -0.05) is 18.2 Å². The number of aromatic nitrogens is 2. The number of nitrogens with one attached hydrogen (secondary N) is 1. The zero-order chi connectivity index (χ0) is 19.5. The van der Waals surface area contributed by atoms with Crippen molar-refractivity contribution in [3.8, 4) is 11.4 Å². The number of hydrogen-bond acceptors (Lipinski definition) is 4. The molecule has 0 saturated carbocycles. The summed E-state index contributed by atoms with van der Waals surface area (Å²) in [6, 6.07) is 17.7. The molecule has 1 N–H and O–H groups in total. The van der Waals surface area contributed by atoms with Crippen LogP contribution in [0.4, 0.5) is 5.69 Å². The number of rotatable bonds is 4. The fourth-order valence-electron chi connectivity index (χ4n) is 3.48. The van der Waals surface area contributed by atoms with Gasteiger partial charge in [0.1, 0.15) is 11.4 Å². The zero-order valence-corrected chi connectivity index (χ0v) is 16.5. The van der Waals surface area contributed by atoms with Crippen molar-refractivity contribution >= 4 is 23.8 Å². The van der Waals surface area contributed by atoms with Crippen LogP contribution in [-0.4, -0.2) is 53.6 Å². The molecule has 0 bridgehead atoms. The first-order valence-corrected chi connectivity index (χ1v) is 9.62. The highest BCUT2D eigenvalue weighted by Gasteiger charge is 2.25. The molecule has 2 heterocycles. The van der Waals surface area contributed by atoms with Gasteiger partial charge in [0.05, 0.1) is 7.11 Å². The summed E-state index contributed by atoms with van der Waals surface area (Å²) in [5.41, 5.74) is 2.59. The monoisotopic (exact) mass is 394 g/mol. The molecule has 0 spiro atoms. The zero-order valence-electron chi connectivity index (χ0n) is 15.7. The van der Waals surface area contributed by atoms with Crippen LogP contribution in [0.15, 0.2) is 60.8 Å². The summed E-state index contributed by atoms with van der Waals surface area (Å²) in [5.74, 6) is 0.834. The number of piperazine rings is 1. The molecular formula is C21H22N4O2S. The molecule has 1 aromatic heterocycles. The van der Waals surface area contributed by atoms with E-state index in [1.165, 1.54) is 0 Å². The Morgan fingerprint density at radius 3 is 2.29 bits per heavy atom. The van der Waals surface area contributed by atoms with E-state index in [9.17, 15) is 4.79 Å². The van der Waals surface area contributed by atoms with Gasteiger partial charge >= 0.3 is 0 Å². The van der Waals surface area contributed by atoms with Crippen LogP contribution in [0.1, 0.15) is 10.5 Å².